The van der Waals surface area contributed by atoms with Gasteiger partial charge < -0.3 is 0 Å². The van der Waals surface area contributed by atoms with Crippen LogP contribution in [0.2, 0.25) is 0 Å². The van der Waals surface area contributed by atoms with E-state index in [-0.39, 0.29) is 11.8 Å². The number of aryl methyl sites for hydroxylation is 2. The van der Waals surface area contributed by atoms with Crippen molar-refractivity contribution in [2.45, 2.75) is 89.4 Å². The predicted molar refractivity (Wildman–Crippen MR) is 116 cm³/mol. The van der Waals surface area contributed by atoms with E-state index in [9.17, 15) is 17.6 Å². The first-order chi connectivity index (χ1) is 15.0. The minimum Gasteiger partial charge on any atom is -0.203 e. The minimum atomic E-state index is -0.754. The molecule has 2 saturated carbocycles. The van der Waals surface area contributed by atoms with Gasteiger partial charge in [0.2, 0.25) is 0 Å². The summed E-state index contributed by atoms with van der Waals surface area (Å²) >= 11 is 0. The Bertz CT molecular complexity index is 906. The van der Waals surface area contributed by atoms with E-state index in [1.165, 1.54) is 6.42 Å². The van der Waals surface area contributed by atoms with Gasteiger partial charge in [0.25, 0.3) is 0 Å². The van der Waals surface area contributed by atoms with Crippen molar-refractivity contribution < 1.29 is 17.6 Å². The molecule has 2 aromatic rings. The van der Waals surface area contributed by atoms with Crippen LogP contribution in [0.25, 0.3) is 0 Å². The van der Waals surface area contributed by atoms with Gasteiger partial charge in [-0.05, 0) is 98.3 Å². The zero-order valence-corrected chi connectivity index (χ0v) is 18.3. The van der Waals surface area contributed by atoms with Gasteiger partial charge in [-0.2, -0.15) is 0 Å². The van der Waals surface area contributed by atoms with E-state index in [4.69, 9.17) is 0 Å². The first kappa shape index (κ1) is 22.4. The molecule has 0 spiro atoms. The van der Waals surface area contributed by atoms with Crippen molar-refractivity contribution >= 4 is 0 Å². The first-order valence-corrected chi connectivity index (χ1v) is 11.9. The summed E-state index contributed by atoms with van der Waals surface area (Å²) in [7, 11) is 0. The quantitative estimate of drug-likeness (QED) is 0.415. The lowest BCUT2D eigenvalue weighted by molar-refractivity contribution is 0.303. The highest BCUT2D eigenvalue weighted by Crippen LogP contribution is 2.41. The number of hydrogen-bond acceptors (Lipinski definition) is 0. The molecule has 0 heterocycles. The summed E-state index contributed by atoms with van der Waals surface area (Å²) in [6.07, 6.45) is 10.0. The fourth-order valence-corrected chi connectivity index (χ4v) is 5.62. The summed E-state index contributed by atoms with van der Waals surface area (Å²) in [5, 5.41) is 0. The molecule has 0 bridgehead atoms. The normalized spacial score (nSPS) is 22.6. The minimum absolute atomic E-state index is 0.0414. The highest BCUT2D eigenvalue weighted by atomic mass is 19.2. The van der Waals surface area contributed by atoms with Crippen molar-refractivity contribution in [3.8, 4) is 0 Å². The molecule has 0 radical (unpaired) electrons. The Hall–Kier alpha value is -1.84. The summed E-state index contributed by atoms with van der Waals surface area (Å²) in [5.41, 5.74) is 1.83. The lowest BCUT2D eigenvalue weighted by atomic mass is 9.76. The summed E-state index contributed by atoms with van der Waals surface area (Å²) in [4.78, 5) is 0. The van der Waals surface area contributed by atoms with Gasteiger partial charge in [-0.1, -0.05) is 43.5 Å². The van der Waals surface area contributed by atoms with Gasteiger partial charge >= 0.3 is 0 Å². The van der Waals surface area contributed by atoms with Crippen LogP contribution in [0.5, 0.6) is 0 Å². The first-order valence-electron chi connectivity index (χ1n) is 11.9. The lowest BCUT2D eigenvalue weighted by Gasteiger charge is -2.30. The van der Waals surface area contributed by atoms with Crippen molar-refractivity contribution in [2.75, 3.05) is 0 Å². The van der Waals surface area contributed by atoms with Gasteiger partial charge in [-0.15, -0.1) is 0 Å². The second-order valence-electron chi connectivity index (χ2n) is 9.63. The van der Waals surface area contributed by atoms with Crippen LogP contribution in [0.4, 0.5) is 17.6 Å². The summed E-state index contributed by atoms with van der Waals surface area (Å²) in [6.45, 7) is 1.56. The second-order valence-corrected chi connectivity index (χ2v) is 9.63. The smallest absolute Gasteiger partial charge is 0.162 e. The van der Waals surface area contributed by atoms with Crippen molar-refractivity contribution in [1.82, 2.24) is 0 Å². The topological polar surface area (TPSA) is 0 Å². The molecule has 31 heavy (non-hydrogen) atoms. The molecule has 4 rings (SSSR count). The van der Waals surface area contributed by atoms with Gasteiger partial charge in [0, 0.05) is 0 Å². The Kier molecular flexibility index (Phi) is 7.03. The van der Waals surface area contributed by atoms with E-state index in [1.54, 1.807) is 19.1 Å². The second kappa shape index (κ2) is 9.75. The molecule has 0 amide bonds. The summed E-state index contributed by atoms with van der Waals surface area (Å²) < 4.78 is 57.6. The lowest BCUT2D eigenvalue weighted by Crippen LogP contribution is -2.16. The fourth-order valence-electron chi connectivity index (χ4n) is 5.62. The molecule has 0 atom stereocenters. The number of halogens is 4. The van der Waals surface area contributed by atoms with E-state index >= 15 is 0 Å². The third kappa shape index (κ3) is 4.83. The molecule has 2 aliphatic rings. The average molecular weight is 433 g/mol. The maximum absolute atomic E-state index is 14.9. The van der Waals surface area contributed by atoms with Gasteiger partial charge in [-0.3, -0.25) is 0 Å². The Morgan fingerprint density at radius 3 is 1.84 bits per heavy atom. The molecule has 0 saturated heterocycles. The Morgan fingerprint density at radius 1 is 0.645 bits per heavy atom. The van der Waals surface area contributed by atoms with E-state index in [0.717, 1.165) is 57.8 Å². The van der Waals surface area contributed by atoms with Crippen molar-refractivity contribution in [2.24, 2.45) is 5.92 Å². The molecule has 0 unspecified atom stereocenters. The molecule has 2 aliphatic carbocycles. The van der Waals surface area contributed by atoms with E-state index in [2.05, 4.69) is 0 Å². The highest BCUT2D eigenvalue weighted by molar-refractivity contribution is 5.32. The average Bonchev–Trinajstić information content (AvgIpc) is 2.80. The molecule has 0 N–H and O–H groups in total. The Morgan fingerprint density at radius 2 is 1.23 bits per heavy atom. The third-order valence-electron chi connectivity index (χ3n) is 7.65. The zero-order chi connectivity index (χ0) is 22.0. The van der Waals surface area contributed by atoms with Crippen LogP contribution < -0.4 is 0 Å². The van der Waals surface area contributed by atoms with Crippen LogP contribution in [-0.4, -0.2) is 0 Å². The summed E-state index contributed by atoms with van der Waals surface area (Å²) in [6, 6.07) is 6.94. The number of hydrogen-bond donors (Lipinski definition) is 0. The Labute approximate surface area is 183 Å². The van der Waals surface area contributed by atoms with Gasteiger partial charge in [0.15, 0.2) is 23.3 Å². The molecule has 0 aliphatic heterocycles. The van der Waals surface area contributed by atoms with Crippen LogP contribution in [-0.2, 0) is 6.42 Å². The van der Waals surface area contributed by atoms with Crippen LogP contribution in [0, 0.1) is 36.1 Å². The van der Waals surface area contributed by atoms with Crippen LogP contribution in [0.3, 0.4) is 0 Å². The molecule has 0 aromatic heterocycles. The van der Waals surface area contributed by atoms with Gasteiger partial charge in [0.1, 0.15) is 0 Å². The Balaban J connectivity index is 1.35. The molecular formula is C27H32F4. The van der Waals surface area contributed by atoms with Crippen molar-refractivity contribution in [3.63, 3.8) is 0 Å². The maximum Gasteiger partial charge on any atom is 0.162 e. The highest BCUT2D eigenvalue weighted by Gasteiger charge is 2.28. The SMILES string of the molecule is Cc1ccc(CCC2CCC(c3ccc(C4CCCCC4)c(F)c3F)CC2)c(F)c1F. The van der Waals surface area contributed by atoms with E-state index in [0.29, 0.717) is 34.6 Å². The van der Waals surface area contributed by atoms with Crippen molar-refractivity contribution in [1.29, 1.82) is 0 Å². The largest absolute Gasteiger partial charge is 0.203 e. The molecule has 168 valence electrons. The van der Waals surface area contributed by atoms with Crippen LogP contribution in [0.15, 0.2) is 24.3 Å². The van der Waals surface area contributed by atoms with Gasteiger partial charge in [0.05, 0.1) is 0 Å². The fraction of sp³-hybridized carbons (Fsp3) is 0.556. The van der Waals surface area contributed by atoms with Crippen LogP contribution in [0.1, 0.15) is 98.3 Å². The molecule has 4 heteroatoms. The molecular weight excluding hydrogens is 400 g/mol. The van der Waals surface area contributed by atoms with E-state index < -0.39 is 23.3 Å². The maximum atomic E-state index is 14.9. The molecule has 2 aromatic carbocycles. The third-order valence-corrected chi connectivity index (χ3v) is 7.65. The number of rotatable bonds is 5. The van der Waals surface area contributed by atoms with Crippen LogP contribution >= 0.6 is 0 Å². The predicted octanol–water partition coefficient (Wildman–Crippen LogP) is 8.51. The standard InChI is InChI=1S/C27H32F4/c1-17-7-11-21(25(29)24(17)28)14-10-18-8-12-20(13-9-18)23-16-15-22(26(30)27(23)31)19-5-3-2-4-6-19/h7,11,15-16,18-20H,2-6,8-10,12-14H2,1H3. The zero-order valence-electron chi connectivity index (χ0n) is 18.3. The van der Waals surface area contributed by atoms with Crippen molar-refractivity contribution in [3.05, 3.63) is 69.8 Å². The molecule has 0 nitrogen and oxygen atoms in total. The monoisotopic (exact) mass is 432 g/mol. The molecule has 2 fully saturated rings. The summed E-state index contributed by atoms with van der Waals surface area (Å²) in [5.74, 6) is -2.17. The van der Waals surface area contributed by atoms with Gasteiger partial charge in [-0.25, -0.2) is 17.6 Å². The van der Waals surface area contributed by atoms with E-state index in [1.807, 2.05) is 12.1 Å². The number of benzene rings is 2.